The summed E-state index contributed by atoms with van der Waals surface area (Å²) in [4.78, 5) is 29.8. The summed E-state index contributed by atoms with van der Waals surface area (Å²) in [7, 11) is 0. The van der Waals surface area contributed by atoms with Gasteiger partial charge in [0.05, 0.1) is 0 Å². The Morgan fingerprint density at radius 3 is 2.27 bits per heavy atom. The van der Waals surface area contributed by atoms with Crippen LogP contribution in [0.1, 0.15) is 52.4 Å². The summed E-state index contributed by atoms with van der Waals surface area (Å²) in [5, 5.41) is 3.80. The molecule has 148 valence electrons. The van der Waals surface area contributed by atoms with E-state index in [1.165, 1.54) is 0 Å². The van der Waals surface area contributed by atoms with Crippen molar-refractivity contribution >= 4 is 35.0 Å². The second kappa shape index (κ2) is 8.66. The van der Waals surface area contributed by atoms with Crippen LogP contribution in [-0.4, -0.2) is 70.1 Å². The van der Waals surface area contributed by atoms with Gasteiger partial charge in [0.25, 0.3) is 0 Å². The van der Waals surface area contributed by atoms with E-state index in [4.69, 9.17) is 23.2 Å². The van der Waals surface area contributed by atoms with Crippen molar-refractivity contribution in [3.05, 3.63) is 0 Å². The molecule has 0 aromatic carbocycles. The number of hydrogen-bond acceptors (Lipinski definition) is 3. The average Bonchev–Trinajstić information content (AvgIpc) is 2.61. The van der Waals surface area contributed by atoms with Crippen LogP contribution < -0.4 is 5.32 Å². The monoisotopic (exact) mass is 403 g/mol. The number of carbonyl (C=O) groups excluding carboxylic acids is 2. The van der Waals surface area contributed by atoms with Crippen LogP contribution in [0.2, 0.25) is 0 Å². The average molecular weight is 404 g/mol. The molecule has 3 aliphatic rings. The minimum absolute atomic E-state index is 0.00707. The van der Waals surface area contributed by atoms with Crippen molar-refractivity contribution in [1.29, 1.82) is 0 Å². The van der Waals surface area contributed by atoms with E-state index >= 15 is 0 Å². The van der Waals surface area contributed by atoms with Crippen LogP contribution in [-0.2, 0) is 9.59 Å². The van der Waals surface area contributed by atoms with Crippen molar-refractivity contribution in [1.82, 2.24) is 15.1 Å². The lowest BCUT2D eigenvalue weighted by Gasteiger charge is -2.47. The van der Waals surface area contributed by atoms with Crippen molar-refractivity contribution in [2.75, 3.05) is 19.6 Å². The first-order chi connectivity index (χ1) is 12.4. The number of halogens is 2. The van der Waals surface area contributed by atoms with E-state index in [1.54, 1.807) is 4.90 Å². The van der Waals surface area contributed by atoms with Crippen LogP contribution in [0.25, 0.3) is 0 Å². The Balaban J connectivity index is 1.77. The Morgan fingerprint density at radius 1 is 1.04 bits per heavy atom. The Bertz CT molecular complexity index is 515. The van der Waals surface area contributed by atoms with Gasteiger partial charge in [-0.2, -0.15) is 0 Å². The van der Waals surface area contributed by atoms with Crippen LogP contribution in [0, 0.1) is 5.92 Å². The standard InChI is InChI=1S/C19H31Cl2N3O2/c1-12(2)23-11-17(25)24(10-13-3-5-14(20)6-4-13)18(19(23)26)16-8-7-15(21)9-22-16/h12-16,18,22H,3-11H2,1-2H3. The first kappa shape index (κ1) is 20.2. The third-order valence-corrected chi connectivity index (χ3v) is 6.93. The predicted octanol–water partition coefficient (Wildman–Crippen LogP) is 2.59. The summed E-state index contributed by atoms with van der Waals surface area (Å²) >= 11 is 12.5. The van der Waals surface area contributed by atoms with Gasteiger partial charge in [-0.25, -0.2) is 0 Å². The maximum atomic E-state index is 13.2. The fourth-order valence-electron chi connectivity index (χ4n) is 4.51. The van der Waals surface area contributed by atoms with E-state index in [9.17, 15) is 9.59 Å². The number of hydrogen-bond donors (Lipinski definition) is 1. The molecular weight excluding hydrogens is 373 g/mol. The number of nitrogens with one attached hydrogen (secondary N) is 1. The first-order valence-corrected chi connectivity index (χ1v) is 10.9. The van der Waals surface area contributed by atoms with Gasteiger partial charge in [-0.05, 0) is 58.3 Å². The highest BCUT2D eigenvalue weighted by atomic mass is 35.5. The van der Waals surface area contributed by atoms with Crippen LogP contribution >= 0.6 is 23.2 Å². The summed E-state index contributed by atoms with van der Waals surface area (Å²) in [6, 6.07) is -0.379. The van der Waals surface area contributed by atoms with Crippen molar-refractivity contribution in [2.24, 2.45) is 5.92 Å². The molecule has 3 rings (SSSR count). The summed E-state index contributed by atoms with van der Waals surface area (Å²) in [6.07, 6.45) is 5.78. The van der Waals surface area contributed by atoms with E-state index < -0.39 is 6.04 Å². The maximum Gasteiger partial charge on any atom is 0.247 e. The molecule has 2 heterocycles. The van der Waals surface area contributed by atoms with Gasteiger partial charge in [0, 0.05) is 35.9 Å². The van der Waals surface area contributed by atoms with E-state index in [1.807, 2.05) is 18.7 Å². The Morgan fingerprint density at radius 2 is 1.69 bits per heavy atom. The SMILES string of the molecule is CC(C)N1CC(=O)N(CC2CCC(Cl)CC2)C(C2CCC(Cl)CN2)C1=O. The topological polar surface area (TPSA) is 52.7 Å². The lowest BCUT2D eigenvalue weighted by molar-refractivity contribution is -0.160. The van der Waals surface area contributed by atoms with Crippen molar-refractivity contribution in [2.45, 2.75) is 81.3 Å². The molecule has 0 aromatic heterocycles. The van der Waals surface area contributed by atoms with Crippen LogP contribution in [0.15, 0.2) is 0 Å². The van der Waals surface area contributed by atoms with Gasteiger partial charge in [0.15, 0.2) is 0 Å². The number of alkyl halides is 2. The van der Waals surface area contributed by atoms with E-state index in [0.717, 1.165) is 38.5 Å². The smallest absolute Gasteiger partial charge is 0.247 e. The quantitative estimate of drug-likeness (QED) is 0.733. The molecule has 7 heteroatoms. The molecule has 3 atom stereocenters. The second-order valence-corrected chi connectivity index (χ2v) is 9.59. The molecule has 1 aliphatic carbocycles. The molecule has 1 saturated carbocycles. The molecule has 0 radical (unpaired) electrons. The molecule has 0 spiro atoms. The van der Waals surface area contributed by atoms with Gasteiger partial charge in [-0.15, -0.1) is 23.2 Å². The lowest BCUT2D eigenvalue weighted by atomic mass is 9.86. The van der Waals surface area contributed by atoms with Crippen molar-refractivity contribution in [3.8, 4) is 0 Å². The molecule has 3 fully saturated rings. The highest BCUT2D eigenvalue weighted by Gasteiger charge is 2.45. The van der Waals surface area contributed by atoms with E-state index in [0.29, 0.717) is 19.0 Å². The molecule has 3 unspecified atom stereocenters. The third kappa shape index (κ3) is 4.48. The van der Waals surface area contributed by atoms with Gasteiger partial charge < -0.3 is 15.1 Å². The molecule has 0 bridgehead atoms. The fraction of sp³-hybridized carbons (Fsp3) is 0.895. The first-order valence-electron chi connectivity index (χ1n) is 9.98. The lowest BCUT2D eigenvalue weighted by Crippen LogP contribution is -2.68. The third-order valence-electron chi connectivity index (χ3n) is 6.13. The van der Waals surface area contributed by atoms with Crippen LogP contribution in [0.3, 0.4) is 0 Å². The van der Waals surface area contributed by atoms with Gasteiger partial charge in [0.2, 0.25) is 11.8 Å². The number of rotatable bonds is 4. The minimum atomic E-state index is -0.406. The normalized spacial score (nSPS) is 36.7. The highest BCUT2D eigenvalue weighted by molar-refractivity contribution is 6.21. The zero-order valence-corrected chi connectivity index (χ0v) is 17.3. The van der Waals surface area contributed by atoms with Crippen molar-refractivity contribution in [3.63, 3.8) is 0 Å². The zero-order chi connectivity index (χ0) is 18.8. The van der Waals surface area contributed by atoms with Crippen LogP contribution in [0.4, 0.5) is 0 Å². The number of piperidine rings is 1. The maximum absolute atomic E-state index is 13.2. The molecule has 1 N–H and O–H groups in total. The van der Waals surface area contributed by atoms with Gasteiger partial charge >= 0.3 is 0 Å². The van der Waals surface area contributed by atoms with Gasteiger partial charge in [-0.1, -0.05) is 0 Å². The van der Waals surface area contributed by atoms with E-state index in [2.05, 4.69) is 5.32 Å². The Kier molecular flexibility index (Phi) is 6.73. The zero-order valence-electron chi connectivity index (χ0n) is 15.8. The fourth-order valence-corrected chi connectivity index (χ4v) is 4.98. The van der Waals surface area contributed by atoms with E-state index in [-0.39, 0.29) is 41.2 Å². The van der Waals surface area contributed by atoms with Gasteiger partial charge in [-0.3, -0.25) is 9.59 Å². The van der Waals surface area contributed by atoms with Gasteiger partial charge in [0.1, 0.15) is 12.6 Å². The molecule has 0 aromatic rings. The Labute approximate surface area is 166 Å². The Hall–Kier alpha value is -0.520. The molecule has 26 heavy (non-hydrogen) atoms. The summed E-state index contributed by atoms with van der Waals surface area (Å²) in [5.41, 5.74) is 0. The summed E-state index contributed by atoms with van der Waals surface area (Å²) in [5.74, 6) is 0.599. The number of piperazine rings is 1. The molecule has 2 aliphatic heterocycles. The highest BCUT2D eigenvalue weighted by Crippen LogP contribution is 2.31. The van der Waals surface area contributed by atoms with Crippen LogP contribution in [0.5, 0.6) is 0 Å². The summed E-state index contributed by atoms with van der Waals surface area (Å²) < 4.78 is 0. The minimum Gasteiger partial charge on any atom is -0.329 e. The second-order valence-electron chi connectivity index (χ2n) is 8.36. The van der Waals surface area contributed by atoms with Crippen molar-refractivity contribution < 1.29 is 9.59 Å². The molecule has 5 nitrogen and oxygen atoms in total. The number of amides is 2. The molecule has 2 saturated heterocycles. The number of carbonyl (C=O) groups is 2. The predicted molar refractivity (Wildman–Crippen MR) is 105 cm³/mol. The largest absolute Gasteiger partial charge is 0.329 e. The number of nitrogens with zero attached hydrogens (tertiary/aromatic N) is 2. The summed E-state index contributed by atoms with van der Waals surface area (Å²) in [6.45, 7) is 5.51. The molecule has 2 amide bonds. The molecular formula is C19H31Cl2N3O2.